The molecule has 1 aromatic rings. The minimum atomic E-state index is -1.31. The summed E-state index contributed by atoms with van der Waals surface area (Å²) in [6, 6.07) is 5.56. The molecule has 0 aromatic heterocycles. The highest BCUT2D eigenvalue weighted by Gasteiger charge is 2.51. The molecule has 0 heterocycles. The third kappa shape index (κ3) is 3.33. The highest BCUT2D eigenvalue weighted by Crippen LogP contribution is 2.48. The maximum atomic E-state index is 12.3. The molecule has 1 saturated carbocycles. The van der Waals surface area contributed by atoms with Gasteiger partial charge in [-0.15, -0.1) is 0 Å². The fourth-order valence-corrected chi connectivity index (χ4v) is 2.36. The van der Waals surface area contributed by atoms with Crippen molar-refractivity contribution in [3.05, 3.63) is 34.9 Å². The predicted octanol–water partition coefficient (Wildman–Crippen LogP) is 0.816. The molecule has 2 rings (SSSR count). The van der Waals surface area contributed by atoms with Gasteiger partial charge in [0.25, 0.3) is 0 Å². The Kier molecular flexibility index (Phi) is 4.18. The fourth-order valence-electron chi connectivity index (χ4n) is 2.24. The maximum Gasteiger partial charge on any atom is 0.326 e. The molecule has 6 nitrogen and oxygen atoms in total. The molecule has 2 amide bonds. The van der Waals surface area contributed by atoms with Crippen molar-refractivity contribution >= 4 is 29.4 Å². The number of carboxylic acids is 1. The van der Waals surface area contributed by atoms with Gasteiger partial charge in [0.1, 0.15) is 6.04 Å². The van der Waals surface area contributed by atoms with Gasteiger partial charge in [-0.3, -0.25) is 9.59 Å². The minimum Gasteiger partial charge on any atom is -0.480 e. The third-order valence-electron chi connectivity index (χ3n) is 3.59. The number of carboxylic acid groups (broad SMARTS) is 1. The number of nitrogens with two attached hydrogens (primary N) is 1. The molecule has 1 unspecified atom stereocenters. The second-order valence-electron chi connectivity index (χ2n) is 5.12. The molecule has 1 fully saturated rings. The number of halogens is 1. The summed E-state index contributed by atoms with van der Waals surface area (Å²) in [5.41, 5.74) is 5.05. The summed E-state index contributed by atoms with van der Waals surface area (Å²) in [5, 5.41) is 12.0. The highest BCUT2D eigenvalue weighted by molar-refractivity contribution is 6.30. The van der Waals surface area contributed by atoms with E-state index in [-0.39, 0.29) is 0 Å². The number of carbonyl (C=O) groups excluding carboxylic acids is 2. The molecule has 7 heteroatoms. The average Bonchev–Trinajstić information content (AvgIpc) is 3.19. The molecule has 0 radical (unpaired) electrons. The number of amides is 2. The van der Waals surface area contributed by atoms with Crippen LogP contribution in [0.3, 0.4) is 0 Å². The summed E-state index contributed by atoms with van der Waals surface area (Å²) in [4.78, 5) is 34.3. The molecule has 1 aliphatic rings. The summed E-state index contributed by atoms with van der Waals surface area (Å²) < 4.78 is 0. The van der Waals surface area contributed by atoms with Crippen LogP contribution in [-0.4, -0.2) is 28.9 Å². The summed E-state index contributed by atoms with van der Waals surface area (Å²) in [6.07, 6.45) is 0.824. The van der Waals surface area contributed by atoms with Crippen LogP contribution in [0.5, 0.6) is 0 Å². The first-order valence-electron chi connectivity index (χ1n) is 6.43. The van der Waals surface area contributed by atoms with Crippen LogP contribution in [0, 0.1) is 0 Å². The maximum absolute atomic E-state index is 12.3. The average molecular weight is 311 g/mol. The zero-order chi connectivity index (χ0) is 15.6. The number of nitrogens with one attached hydrogen (secondary N) is 1. The number of primary amides is 1. The molecule has 112 valence electrons. The second-order valence-corrected chi connectivity index (χ2v) is 5.56. The highest BCUT2D eigenvalue weighted by atomic mass is 35.5. The van der Waals surface area contributed by atoms with Crippen molar-refractivity contribution in [3.63, 3.8) is 0 Å². The van der Waals surface area contributed by atoms with Crippen LogP contribution in [0.2, 0.25) is 5.02 Å². The summed E-state index contributed by atoms with van der Waals surface area (Å²) in [7, 11) is 0. The molecule has 0 spiro atoms. The van der Waals surface area contributed by atoms with E-state index in [0.717, 1.165) is 5.56 Å². The van der Waals surface area contributed by atoms with Crippen LogP contribution in [-0.2, 0) is 19.8 Å². The lowest BCUT2D eigenvalue weighted by Crippen LogP contribution is -2.47. The molecule has 0 aliphatic heterocycles. The molecule has 0 bridgehead atoms. The van der Waals surface area contributed by atoms with E-state index < -0.39 is 35.7 Å². The molecule has 1 aliphatic carbocycles. The number of hydrogen-bond acceptors (Lipinski definition) is 3. The van der Waals surface area contributed by atoms with Gasteiger partial charge in [0.15, 0.2) is 0 Å². The standard InChI is InChI=1S/C14H15ClN2O4/c15-9-3-1-8(2-4-9)14(5-6-14)13(21)17-10(12(19)20)7-11(16)18/h1-4,10H,5-7H2,(H2,16,18)(H,17,21)(H,19,20). The van der Waals surface area contributed by atoms with Gasteiger partial charge >= 0.3 is 5.97 Å². The Morgan fingerprint density at radius 2 is 1.86 bits per heavy atom. The lowest BCUT2D eigenvalue weighted by atomic mass is 9.94. The van der Waals surface area contributed by atoms with Crippen LogP contribution in [0.25, 0.3) is 0 Å². The van der Waals surface area contributed by atoms with Crippen molar-refractivity contribution in [2.24, 2.45) is 5.73 Å². The predicted molar refractivity (Wildman–Crippen MR) is 75.7 cm³/mol. The van der Waals surface area contributed by atoms with Crippen molar-refractivity contribution in [1.29, 1.82) is 0 Å². The number of carbonyl (C=O) groups is 3. The van der Waals surface area contributed by atoms with Gasteiger partial charge in [0, 0.05) is 5.02 Å². The fraction of sp³-hybridized carbons (Fsp3) is 0.357. The topological polar surface area (TPSA) is 109 Å². The van der Waals surface area contributed by atoms with Crippen LogP contribution in [0.1, 0.15) is 24.8 Å². The van der Waals surface area contributed by atoms with E-state index in [4.69, 9.17) is 22.4 Å². The zero-order valence-electron chi connectivity index (χ0n) is 11.1. The van der Waals surface area contributed by atoms with Crippen molar-refractivity contribution in [2.45, 2.75) is 30.7 Å². The molecule has 1 atom stereocenters. The van der Waals surface area contributed by atoms with Gasteiger partial charge in [-0.2, -0.15) is 0 Å². The zero-order valence-corrected chi connectivity index (χ0v) is 11.9. The van der Waals surface area contributed by atoms with Crippen LogP contribution < -0.4 is 11.1 Å². The van der Waals surface area contributed by atoms with Gasteiger partial charge in [-0.25, -0.2) is 4.79 Å². The van der Waals surface area contributed by atoms with E-state index in [1.54, 1.807) is 24.3 Å². The van der Waals surface area contributed by atoms with Gasteiger partial charge in [0.2, 0.25) is 11.8 Å². The molecule has 4 N–H and O–H groups in total. The number of aliphatic carboxylic acids is 1. The Bertz CT molecular complexity index is 581. The minimum absolute atomic E-state index is 0.404. The normalized spacial score (nSPS) is 16.8. The first-order valence-corrected chi connectivity index (χ1v) is 6.81. The van der Waals surface area contributed by atoms with Crippen molar-refractivity contribution in [1.82, 2.24) is 5.32 Å². The first-order chi connectivity index (χ1) is 9.85. The summed E-state index contributed by atoms with van der Waals surface area (Å²) >= 11 is 5.82. The second kappa shape index (κ2) is 5.73. The summed E-state index contributed by atoms with van der Waals surface area (Å²) in [5.74, 6) is -2.47. The van der Waals surface area contributed by atoms with E-state index in [9.17, 15) is 14.4 Å². The number of rotatable bonds is 6. The lowest BCUT2D eigenvalue weighted by molar-refractivity contribution is -0.143. The van der Waals surface area contributed by atoms with Crippen molar-refractivity contribution in [3.8, 4) is 0 Å². The monoisotopic (exact) mass is 310 g/mol. The quantitative estimate of drug-likeness (QED) is 0.722. The van der Waals surface area contributed by atoms with Crippen LogP contribution in [0.4, 0.5) is 0 Å². The molecule has 0 saturated heterocycles. The lowest BCUT2D eigenvalue weighted by Gasteiger charge is -2.19. The van der Waals surface area contributed by atoms with E-state index in [1.807, 2.05) is 0 Å². The Morgan fingerprint density at radius 3 is 2.29 bits per heavy atom. The molecular weight excluding hydrogens is 296 g/mol. The SMILES string of the molecule is NC(=O)CC(NC(=O)C1(c2ccc(Cl)cc2)CC1)C(=O)O. The van der Waals surface area contributed by atoms with Crippen LogP contribution in [0.15, 0.2) is 24.3 Å². The van der Waals surface area contributed by atoms with E-state index in [0.29, 0.717) is 17.9 Å². The first kappa shape index (κ1) is 15.3. The van der Waals surface area contributed by atoms with E-state index in [2.05, 4.69) is 5.32 Å². The summed E-state index contributed by atoms with van der Waals surface area (Å²) in [6.45, 7) is 0. The molecule has 1 aromatic carbocycles. The Hall–Kier alpha value is -2.08. The Labute approximate surface area is 126 Å². The largest absolute Gasteiger partial charge is 0.480 e. The molecular formula is C14H15ClN2O4. The van der Waals surface area contributed by atoms with Gasteiger partial charge in [-0.1, -0.05) is 23.7 Å². The third-order valence-corrected chi connectivity index (χ3v) is 3.84. The van der Waals surface area contributed by atoms with E-state index >= 15 is 0 Å². The van der Waals surface area contributed by atoms with Gasteiger partial charge in [0.05, 0.1) is 11.8 Å². The van der Waals surface area contributed by atoms with Crippen LogP contribution >= 0.6 is 11.6 Å². The Morgan fingerprint density at radius 1 is 1.29 bits per heavy atom. The Balaban J connectivity index is 2.13. The van der Waals surface area contributed by atoms with Gasteiger partial charge in [-0.05, 0) is 30.5 Å². The van der Waals surface area contributed by atoms with Crippen molar-refractivity contribution < 1.29 is 19.5 Å². The van der Waals surface area contributed by atoms with Crippen molar-refractivity contribution in [2.75, 3.05) is 0 Å². The smallest absolute Gasteiger partial charge is 0.326 e. The number of benzene rings is 1. The number of hydrogen-bond donors (Lipinski definition) is 3. The van der Waals surface area contributed by atoms with Gasteiger partial charge < -0.3 is 16.2 Å². The van der Waals surface area contributed by atoms with E-state index in [1.165, 1.54) is 0 Å². The molecule has 21 heavy (non-hydrogen) atoms.